The Bertz CT molecular complexity index is 2120. The molecule has 2 aromatic rings. The lowest BCUT2D eigenvalue weighted by atomic mass is 9.68. The van der Waals surface area contributed by atoms with E-state index in [9.17, 15) is 49.6 Å². The van der Waals surface area contributed by atoms with Gasteiger partial charge in [-0.15, -0.1) is 5.10 Å². The van der Waals surface area contributed by atoms with Gasteiger partial charge in [0, 0.05) is 81.5 Å². The number of hydrogen-bond acceptors (Lipinski definition) is 18. The number of nitrogens with zero attached hydrogens (tertiary/aromatic N) is 6. The van der Waals surface area contributed by atoms with Crippen LogP contribution in [0.3, 0.4) is 0 Å². The maximum atomic E-state index is 14.6. The molecule has 0 aliphatic carbocycles. The smallest absolute Gasteiger partial charge is 0.309 e. The molecule has 6 N–H and O–H groups in total. The zero-order chi connectivity index (χ0) is 54.5. The summed E-state index contributed by atoms with van der Waals surface area (Å²) >= 11 is 0. The standard InChI is InChI=1S/C51H84FN7O14/c1-14-40-51(10,66)43(61)32(6)57(12)26-28(2)22-49(8,65)45(30(4)41(31(5)47(64)72-40)39-23-50(9,69-13)44(62)33(7)71-39)73-48-42(60)38(21-29(3)70-48)56(11)20-19-35-27-58(55-54-35)37(24-52)25-53-46(63)34-15-17-36(18-16-34)59(67)68/h15-18,27-33,37-45,48,60-62,65-66H,14,19-26H2,1-13H3,(H,53,63)/t28-,29-,30+,31-,32-,33+,37?,38+,39-,40-,41?,42-,43-,44+,45-,48+,49-,50-,51-/m1/s1. The van der Waals surface area contributed by atoms with Gasteiger partial charge in [0.15, 0.2) is 6.29 Å². The van der Waals surface area contributed by atoms with E-state index in [1.54, 1.807) is 47.7 Å². The minimum Gasteiger partial charge on any atom is -0.459 e. The molecule has 0 radical (unpaired) electrons. The third kappa shape index (κ3) is 14.0. The van der Waals surface area contributed by atoms with E-state index in [1.165, 1.54) is 43.0 Å². The number of methoxy groups -OCH3 is 1. The summed E-state index contributed by atoms with van der Waals surface area (Å²) in [4.78, 5) is 41.6. The van der Waals surface area contributed by atoms with Crippen molar-refractivity contribution in [1.82, 2.24) is 30.1 Å². The molecule has 19 atom stereocenters. The number of amides is 1. The highest BCUT2D eigenvalue weighted by Gasteiger charge is 2.55. The maximum absolute atomic E-state index is 14.6. The number of aromatic nitrogens is 3. The number of non-ortho nitro benzene ring substituents is 1. The van der Waals surface area contributed by atoms with Gasteiger partial charge in [-0.05, 0) is 98.9 Å². The lowest BCUT2D eigenvalue weighted by Gasteiger charge is -2.51. The summed E-state index contributed by atoms with van der Waals surface area (Å²) in [7, 11) is 5.17. The number of cyclic esters (lactones) is 1. The van der Waals surface area contributed by atoms with Crippen molar-refractivity contribution in [2.75, 3.05) is 47.5 Å². The molecular formula is C51H84FN7O14. The quantitative estimate of drug-likeness (QED) is 0.0849. The van der Waals surface area contributed by atoms with E-state index >= 15 is 0 Å². The molecule has 5 rings (SSSR count). The maximum Gasteiger partial charge on any atom is 0.309 e. The average Bonchev–Trinajstić information content (AvgIpc) is 3.81. The van der Waals surface area contributed by atoms with Gasteiger partial charge in [0.05, 0.1) is 58.2 Å². The topological polar surface area (TPSA) is 274 Å². The van der Waals surface area contributed by atoms with Gasteiger partial charge in [0.2, 0.25) is 0 Å². The Morgan fingerprint density at radius 3 is 2.32 bits per heavy atom. The fraction of sp³-hybridized carbons (Fsp3) is 0.804. The van der Waals surface area contributed by atoms with E-state index in [2.05, 4.69) is 15.6 Å². The summed E-state index contributed by atoms with van der Waals surface area (Å²) in [5.41, 5.74) is -4.04. The highest BCUT2D eigenvalue weighted by atomic mass is 19.1. The van der Waals surface area contributed by atoms with Crippen LogP contribution in [-0.2, 0) is 34.9 Å². The number of nitrogens with one attached hydrogen (secondary N) is 1. The molecule has 3 saturated heterocycles. The number of aliphatic hydroxyl groups is 5. The highest BCUT2D eigenvalue weighted by Crippen LogP contribution is 2.45. The number of ether oxygens (including phenoxy) is 5. The van der Waals surface area contributed by atoms with Crippen LogP contribution in [0.2, 0.25) is 0 Å². The molecule has 414 valence electrons. The highest BCUT2D eigenvalue weighted by molar-refractivity contribution is 5.94. The third-order valence-corrected chi connectivity index (χ3v) is 16.1. The van der Waals surface area contributed by atoms with Crippen LogP contribution in [0, 0.1) is 33.8 Å². The molecule has 4 heterocycles. The van der Waals surface area contributed by atoms with E-state index in [4.69, 9.17) is 23.7 Å². The predicted molar refractivity (Wildman–Crippen MR) is 266 cm³/mol. The number of likely N-dealkylation sites (N-methyl/N-ethyl adjacent to an activating group) is 2. The summed E-state index contributed by atoms with van der Waals surface area (Å²) in [6.07, 6.45) is -6.12. The van der Waals surface area contributed by atoms with Crippen molar-refractivity contribution in [1.29, 1.82) is 0 Å². The fourth-order valence-electron chi connectivity index (χ4n) is 11.5. The third-order valence-electron chi connectivity index (χ3n) is 16.1. The molecule has 22 heteroatoms. The minimum atomic E-state index is -1.85. The number of alkyl halides is 1. The molecule has 1 aromatic heterocycles. The van der Waals surface area contributed by atoms with Crippen LogP contribution < -0.4 is 5.32 Å². The van der Waals surface area contributed by atoms with Crippen molar-refractivity contribution in [3.05, 3.63) is 51.8 Å². The Labute approximate surface area is 429 Å². The second-order valence-corrected chi connectivity index (χ2v) is 22.0. The molecule has 3 aliphatic rings. The van der Waals surface area contributed by atoms with Gasteiger partial charge in [0.25, 0.3) is 11.6 Å². The van der Waals surface area contributed by atoms with Gasteiger partial charge in [-0.2, -0.15) is 0 Å². The molecule has 1 aromatic carbocycles. The van der Waals surface area contributed by atoms with Gasteiger partial charge in [-0.3, -0.25) is 19.7 Å². The van der Waals surface area contributed by atoms with Crippen molar-refractivity contribution in [3.8, 4) is 0 Å². The number of aliphatic hydroxyl groups excluding tert-OH is 3. The number of hydrogen-bond donors (Lipinski definition) is 6. The number of carbonyl (C=O) groups is 2. The molecule has 21 nitrogen and oxygen atoms in total. The van der Waals surface area contributed by atoms with Gasteiger partial charge >= 0.3 is 5.97 Å². The van der Waals surface area contributed by atoms with Crippen molar-refractivity contribution in [2.24, 2.45) is 23.7 Å². The fourth-order valence-corrected chi connectivity index (χ4v) is 11.5. The molecule has 3 aliphatic heterocycles. The SMILES string of the molecule is CC[C@H]1OC(=O)[C@H](C)C([C@H]2C[C@@](C)(OC)[C@@H](O)[C@H](C)O2)[C@H](C)[C@@H](O[C@@H]2O[C@H](C)C[C@H](N(C)CCc3cn(C(CF)CNC(=O)c4ccc([N+](=O)[O-])cc4)nn3)[C@H]2O)[C@](C)(O)C[C@@H](C)CN(C)[C@H](C)[C@@H](O)[C@]1(C)O. The largest absolute Gasteiger partial charge is 0.459 e. The van der Waals surface area contributed by atoms with Crippen LogP contribution in [-0.4, -0.2) is 199 Å². The molecule has 0 saturated carbocycles. The van der Waals surface area contributed by atoms with Crippen molar-refractivity contribution in [2.45, 2.75) is 191 Å². The summed E-state index contributed by atoms with van der Waals surface area (Å²) in [6.45, 7) is 17.4. The molecule has 0 bridgehead atoms. The van der Waals surface area contributed by atoms with Crippen LogP contribution in [0.4, 0.5) is 10.1 Å². The number of benzene rings is 1. The molecule has 2 unspecified atom stereocenters. The van der Waals surface area contributed by atoms with E-state index in [1.807, 2.05) is 44.7 Å². The van der Waals surface area contributed by atoms with Gasteiger partial charge in [-0.1, -0.05) is 32.9 Å². The number of nitro groups is 1. The number of esters is 1. The Balaban J connectivity index is 1.41. The molecule has 0 spiro atoms. The zero-order valence-corrected chi connectivity index (χ0v) is 45.0. The van der Waals surface area contributed by atoms with E-state index < -0.39 is 131 Å². The van der Waals surface area contributed by atoms with E-state index in [0.717, 1.165) is 0 Å². The van der Waals surface area contributed by atoms with Crippen LogP contribution in [0.15, 0.2) is 30.5 Å². The van der Waals surface area contributed by atoms with Gasteiger partial charge in [0.1, 0.15) is 36.7 Å². The summed E-state index contributed by atoms with van der Waals surface area (Å²) in [6, 6.07) is 3.07. The number of carbonyl (C=O) groups excluding carboxylic acids is 2. The van der Waals surface area contributed by atoms with E-state index in [0.29, 0.717) is 31.6 Å². The van der Waals surface area contributed by atoms with Gasteiger partial charge < -0.3 is 64.3 Å². The Morgan fingerprint density at radius 1 is 1.05 bits per heavy atom. The number of rotatable bonds is 15. The van der Waals surface area contributed by atoms with Crippen LogP contribution >= 0.6 is 0 Å². The lowest BCUT2D eigenvalue weighted by Crippen LogP contribution is -2.62. The van der Waals surface area contributed by atoms with Crippen molar-refractivity contribution < 1.29 is 68.1 Å². The monoisotopic (exact) mass is 1040 g/mol. The predicted octanol–water partition coefficient (Wildman–Crippen LogP) is 3.23. The van der Waals surface area contributed by atoms with Gasteiger partial charge in [-0.25, -0.2) is 9.07 Å². The Kier molecular flexibility index (Phi) is 20.5. The Morgan fingerprint density at radius 2 is 1.71 bits per heavy atom. The zero-order valence-electron chi connectivity index (χ0n) is 45.0. The lowest BCUT2D eigenvalue weighted by molar-refractivity contribution is -0.384. The molecular weight excluding hydrogens is 954 g/mol. The first-order valence-corrected chi connectivity index (χ1v) is 25.7. The number of nitro benzene ring substituents is 1. The molecule has 1 amide bonds. The first-order valence-electron chi connectivity index (χ1n) is 25.7. The van der Waals surface area contributed by atoms with E-state index in [-0.39, 0.29) is 43.0 Å². The van der Waals surface area contributed by atoms with Crippen LogP contribution in [0.25, 0.3) is 0 Å². The molecule has 73 heavy (non-hydrogen) atoms. The summed E-state index contributed by atoms with van der Waals surface area (Å²) < 4.78 is 47.7. The average molecular weight is 1040 g/mol. The second kappa shape index (κ2) is 24.9. The van der Waals surface area contributed by atoms with Crippen molar-refractivity contribution >= 4 is 17.6 Å². The summed E-state index contributed by atoms with van der Waals surface area (Å²) in [5, 5.41) is 82.0. The normalized spacial score (nSPS) is 39.0. The summed E-state index contributed by atoms with van der Waals surface area (Å²) in [5.74, 6) is -3.90. The molecule has 3 fully saturated rings. The van der Waals surface area contributed by atoms with Crippen LogP contribution in [0.1, 0.15) is 117 Å². The minimum absolute atomic E-state index is 0.122. The Hall–Kier alpha value is -3.81. The first-order chi connectivity index (χ1) is 34.1. The first kappa shape index (κ1) is 60.1. The van der Waals surface area contributed by atoms with Crippen LogP contribution in [0.5, 0.6) is 0 Å². The second-order valence-electron chi connectivity index (χ2n) is 22.0. The number of halogens is 1. The van der Waals surface area contributed by atoms with Crippen molar-refractivity contribution in [3.63, 3.8) is 0 Å².